The Morgan fingerprint density at radius 1 is 1.29 bits per heavy atom. The average Bonchev–Trinajstić information content (AvgIpc) is 2.27. The maximum atomic E-state index is 13.6. The summed E-state index contributed by atoms with van der Waals surface area (Å²) in [6.07, 6.45) is 1.78. The summed E-state index contributed by atoms with van der Waals surface area (Å²) in [6.45, 7) is 1.78. The standard InChI is InChI=1S/C13H11ClFNO/c1-8-9(13(17)5-6-16-8)7-10-11(14)3-2-4-12(10)15/h2-6H,7H2,1H3,(H,16,17). The Balaban J connectivity index is 2.49. The predicted molar refractivity (Wildman–Crippen MR) is 66.0 cm³/mol. The maximum absolute atomic E-state index is 13.6. The number of benzene rings is 1. The zero-order chi connectivity index (χ0) is 12.4. The third-order valence-corrected chi connectivity index (χ3v) is 3.05. The molecule has 1 aromatic heterocycles. The van der Waals surface area contributed by atoms with Crippen LogP contribution in [0, 0.1) is 12.7 Å². The Hall–Kier alpha value is -1.61. The number of aryl methyl sites for hydroxylation is 1. The quantitative estimate of drug-likeness (QED) is 0.874. The van der Waals surface area contributed by atoms with Gasteiger partial charge < -0.3 is 4.98 Å². The van der Waals surface area contributed by atoms with Crippen molar-refractivity contribution in [2.24, 2.45) is 0 Å². The molecule has 2 nitrogen and oxygen atoms in total. The number of nitrogens with one attached hydrogen (secondary N) is 1. The monoisotopic (exact) mass is 251 g/mol. The van der Waals surface area contributed by atoms with Crippen LogP contribution < -0.4 is 5.43 Å². The topological polar surface area (TPSA) is 32.9 Å². The number of aromatic amines is 1. The molecular formula is C13H11ClFNO. The van der Waals surface area contributed by atoms with Gasteiger partial charge in [-0.25, -0.2) is 4.39 Å². The first kappa shape index (κ1) is 11.9. The molecule has 0 bridgehead atoms. The van der Waals surface area contributed by atoms with Crippen LogP contribution in [-0.2, 0) is 6.42 Å². The summed E-state index contributed by atoms with van der Waals surface area (Å²) in [7, 11) is 0. The molecule has 0 amide bonds. The van der Waals surface area contributed by atoms with Gasteiger partial charge >= 0.3 is 0 Å². The van der Waals surface area contributed by atoms with Gasteiger partial charge in [0, 0.05) is 40.5 Å². The van der Waals surface area contributed by atoms with Gasteiger partial charge in [0.05, 0.1) is 0 Å². The lowest BCUT2D eigenvalue weighted by Gasteiger charge is -2.07. The maximum Gasteiger partial charge on any atom is 0.185 e. The molecule has 2 aromatic rings. The SMILES string of the molecule is Cc1[nH]ccc(=O)c1Cc1c(F)cccc1Cl. The molecule has 0 saturated carbocycles. The van der Waals surface area contributed by atoms with Gasteiger partial charge in [-0.15, -0.1) is 0 Å². The van der Waals surface area contributed by atoms with E-state index in [0.717, 1.165) is 5.69 Å². The van der Waals surface area contributed by atoms with E-state index in [1.165, 1.54) is 12.1 Å². The fraction of sp³-hybridized carbons (Fsp3) is 0.154. The molecule has 0 aliphatic carbocycles. The second-order valence-electron chi connectivity index (χ2n) is 3.82. The molecule has 0 aliphatic rings. The predicted octanol–water partition coefficient (Wildman–Crippen LogP) is 3.07. The Labute approximate surface area is 103 Å². The number of H-pyrrole nitrogens is 1. The Bertz CT molecular complexity index is 586. The van der Waals surface area contributed by atoms with Crippen molar-refractivity contribution in [2.75, 3.05) is 0 Å². The van der Waals surface area contributed by atoms with Crippen LogP contribution >= 0.6 is 11.6 Å². The van der Waals surface area contributed by atoms with E-state index in [2.05, 4.69) is 4.98 Å². The van der Waals surface area contributed by atoms with Crippen LogP contribution in [0.15, 0.2) is 35.3 Å². The van der Waals surface area contributed by atoms with Gasteiger partial charge in [0.15, 0.2) is 5.43 Å². The minimum absolute atomic E-state index is 0.111. The molecule has 17 heavy (non-hydrogen) atoms. The molecule has 0 unspecified atom stereocenters. The summed E-state index contributed by atoms with van der Waals surface area (Å²) in [5.41, 5.74) is 1.52. The second kappa shape index (κ2) is 4.72. The van der Waals surface area contributed by atoms with Crippen molar-refractivity contribution < 1.29 is 4.39 Å². The molecule has 1 heterocycles. The van der Waals surface area contributed by atoms with E-state index in [4.69, 9.17) is 11.6 Å². The fourth-order valence-corrected chi connectivity index (χ4v) is 1.94. The van der Waals surface area contributed by atoms with Crippen molar-refractivity contribution in [3.8, 4) is 0 Å². The van der Waals surface area contributed by atoms with E-state index in [1.807, 2.05) is 0 Å². The van der Waals surface area contributed by atoms with Crippen LogP contribution in [0.1, 0.15) is 16.8 Å². The number of halogens is 2. The molecule has 1 aromatic carbocycles. The van der Waals surface area contributed by atoms with Gasteiger partial charge in [-0.05, 0) is 19.1 Å². The number of aromatic nitrogens is 1. The molecule has 0 aliphatic heterocycles. The summed E-state index contributed by atoms with van der Waals surface area (Å²) >= 11 is 5.93. The molecule has 1 N–H and O–H groups in total. The minimum atomic E-state index is -0.389. The number of hydrogen-bond donors (Lipinski definition) is 1. The van der Waals surface area contributed by atoms with Gasteiger partial charge in [0.2, 0.25) is 0 Å². The lowest BCUT2D eigenvalue weighted by atomic mass is 10.0. The molecule has 0 saturated heterocycles. The van der Waals surface area contributed by atoms with Crippen LogP contribution in [0.3, 0.4) is 0 Å². The summed E-state index contributed by atoms with van der Waals surface area (Å²) in [6, 6.07) is 5.93. The van der Waals surface area contributed by atoms with Gasteiger partial charge in [-0.2, -0.15) is 0 Å². The van der Waals surface area contributed by atoms with Gasteiger partial charge in [-0.3, -0.25) is 4.79 Å². The van der Waals surface area contributed by atoms with E-state index >= 15 is 0 Å². The van der Waals surface area contributed by atoms with Crippen molar-refractivity contribution in [3.63, 3.8) is 0 Å². The van der Waals surface area contributed by atoms with Gasteiger partial charge in [-0.1, -0.05) is 17.7 Å². The van der Waals surface area contributed by atoms with Crippen molar-refractivity contribution in [2.45, 2.75) is 13.3 Å². The first-order valence-corrected chi connectivity index (χ1v) is 5.57. The van der Waals surface area contributed by atoms with Gasteiger partial charge in [0.25, 0.3) is 0 Å². The fourth-order valence-electron chi connectivity index (χ4n) is 1.71. The third kappa shape index (κ3) is 2.39. The second-order valence-corrected chi connectivity index (χ2v) is 4.23. The smallest absolute Gasteiger partial charge is 0.185 e. The molecule has 4 heteroatoms. The zero-order valence-electron chi connectivity index (χ0n) is 9.26. The normalized spacial score (nSPS) is 10.5. The van der Waals surface area contributed by atoms with Crippen molar-refractivity contribution in [1.29, 1.82) is 0 Å². The van der Waals surface area contributed by atoms with E-state index in [9.17, 15) is 9.18 Å². The summed E-state index contributed by atoms with van der Waals surface area (Å²) in [5.74, 6) is -0.389. The lowest BCUT2D eigenvalue weighted by Crippen LogP contribution is -2.12. The highest BCUT2D eigenvalue weighted by molar-refractivity contribution is 6.31. The number of pyridine rings is 1. The van der Waals surface area contributed by atoms with E-state index < -0.39 is 0 Å². The molecule has 0 atom stereocenters. The van der Waals surface area contributed by atoms with Crippen LogP contribution in [0.2, 0.25) is 5.02 Å². The average molecular weight is 252 g/mol. The van der Waals surface area contributed by atoms with Crippen LogP contribution in [0.25, 0.3) is 0 Å². The minimum Gasteiger partial charge on any atom is -0.365 e. The Kier molecular flexibility index (Phi) is 3.29. The summed E-state index contributed by atoms with van der Waals surface area (Å²) in [5, 5.41) is 0.340. The van der Waals surface area contributed by atoms with E-state index in [-0.39, 0.29) is 17.7 Å². The molecule has 0 spiro atoms. The number of rotatable bonds is 2. The number of hydrogen-bond acceptors (Lipinski definition) is 1. The van der Waals surface area contributed by atoms with Crippen molar-refractivity contribution in [3.05, 3.63) is 68.3 Å². The van der Waals surface area contributed by atoms with Crippen LogP contribution in [-0.4, -0.2) is 4.98 Å². The largest absolute Gasteiger partial charge is 0.365 e. The van der Waals surface area contributed by atoms with E-state index in [0.29, 0.717) is 16.1 Å². The Morgan fingerprint density at radius 3 is 2.71 bits per heavy atom. The summed E-state index contributed by atoms with van der Waals surface area (Å²) < 4.78 is 13.6. The molecule has 88 valence electrons. The van der Waals surface area contributed by atoms with Gasteiger partial charge in [0.1, 0.15) is 5.82 Å². The first-order valence-electron chi connectivity index (χ1n) is 5.19. The third-order valence-electron chi connectivity index (χ3n) is 2.70. The zero-order valence-corrected chi connectivity index (χ0v) is 10.0. The molecule has 2 rings (SSSR count). The van der Waals surface area contributed by atoms with Crippen molar-refractivity contribution in [1.82, 2.24) is 4.98 Å². The van der Waals surface area contributed by atoms with Crippen LogP contribution in [0.4, 0.5) is 4.39 Å². The van der Waals surface area contributed by atoms with Crippen LogP contribution in [0.5, 0.6) is 0 Å². The highest BCUT2D eigenvalue weighted by Crippen LogP contribution is 2.21. The lowest BCUT2D eigenvalue weighted by molar-refractivity contribution is 0.613. The molecular weight excluding hydrogens is 241 g/mol. The van der Waals surface area contributed by atoms with E-state index in [1.54, 1.807) is 25.3 Å². The first-order chi connectivity index (χ1) is 8.09. The Morgan fingerprint density at radius 2 is 2.06 bits per heavy atom. The summed E-state index contributed by atoms with van der Waals surface area (Å²) in [4.78, 5) is 14.6. The molecule has 0 fully saturated rings. The molecule has 0 radical (unpaired) electrons. The highest BCUT2D eigenvalue weighted by atomic mass is 35.5. The highest BCUT2D eigenvalue weighted by Gasteiger charge is 2.11. The van der Waals surface area contributed by atoms with Crippen molar-refractivity contribution >= 4 is 11.6 Å².